The molecular formula is C15H16N2O3S. The summed E-state index contributed by atoms with van der Waals surface area (Å²) < 4.78 is 0. The largest absolute Gasteiger partial charge is 0.478 e. The maximum Gasteiger partial charge on any atom is 0.335 e. The van der Waals surface area contributed by atoms with Crippen LogP contribution in [0.15, 0.2) is 35.2 Å². The number of benzene rings is 1. The molecule has 0 bridgehead atoms. The summed E-state index contributed by atoms with van der Waals surface area (Å²) >= 11 is 1.52. The van der Waals surface area contributed by atoms with Gasteiger partial charge in [-0.05, 0) is 30.5 Å². The Morgan fingerprint density at radius 2 is 1.95 bits per heavy atom. The van der Waals surface area contributed by atoms with Crippen molar-refractivity contribution in [2.45, 2.75) is 19.3 Å². The molecule has 2 N–H and O–H groups in total. The van der Waals surface area contributed by atoms with Gasteiger partial charge in [-0.15, -0.1) is 11.3 Å². The molecule has 1 aromatic carbocycles. The molecule has 0 fully saturated rings. The molecule has 1 aromatic heterocycles. The molecule has 1 heterocycles. The lowest BCUT2D eigenvalue weighted by atomic mass is 10.1. The molecule has 0 spiro atoms. The van der Waals surface area contributed by atoms with Crippen molar-refractivity contribution in [1.29, 1.82) is 0 Å². The molecule has 0 aliphatic heterocycles. The molecule has 0 aliphatic rings. The average molecular weight is 304 g/mol. The van der Waals surface area contributed by atoms with Crippen molar-refractivity contribution in [3.05, 3.63) is 52.0 Å². The predicted octanol–water partition coefficient (Wildman–Crippen LogP) is 2.13. The highest BCUT2D eigenvalue weighted by Gasteiger charge is 2.04. The number of amides is 1. The molecule has 0 saturated heterocycles. The minimum Gasteiger partial charge on any atom is -0.478 e. The number of carbonyl (C=O) groups is 2. The first kappa shape index (κ1) is 15.2. The van der Waals surface area contributed by atoms with Crippen molar-refractivity contribution in [3.8, 4) is 0 Å². The number of thiazole rings is 1. The molecule has 1 amide bonds. The van der Waals surface area contributed by atoms with Gasteiger partial charge in [0.25, 0.3) is 0 Å². The van der Waals surface area contributed by atoms with Gasteiger partial charge < -0.3 is 10.4 Å². The van der Waals surface area contributed by atoms with Gasteiger partial charge in [-0.3, -0.25) is 4.79 Å². The van der Waals surface area contributed by atoms with Gasteiger partial charge in [-0.25, -0.2) is 9.78 Å². The fourth-order valence-electron chi connectivity index (χ4n) is 1.85. The van der Waals surface area contributed by atoms with Crippen LogP contribution in [-0.2, 0) is 17.6 Å². The lowest BCUT2D eigenvalue weighted by molar-refractivity contribution is -0.121. The maximum atomic E-state index is 11.7. The Bertz CT molecular complexity index is 594. The van der Waals surface area contributed by atoms with Gasteiger partial charge in [0.15, 0.2) is 0 Å². The Balaban J connectivity index is 1.68. The maximum absolute atomic E-state index is 11.7. The van der Waals surface area contributed by atoms with Crippen LogP contribution in [-0.4, -0.2) is 28.5 Å². The fraction of sp³-hybridized carbons (Fsp3) is 0.267. The second-order valence-electron chi connectivity index (χ2n) is 4.58. The van der Waals surface area contributed by atoms with Crippen molar-refractivity contribution < 1.29 is 14.7 Å². The van der Waals surface area contributed by atoms with E-state index in [0.29, 0.717) is 25.8 Å². The molecule has 2 rings (SSSR count). The van der Waals surface area contributed by atoms with Crippen LogP contribution in [0.25, 0.3) is 0 Å². The van der Waals surface area contributed by atoms with Crippen LogP contribution in [0.1, 0.15) is 28.0 Å². The van der Waals surface area contributed by atoms with Gasteiger partial charge in [0.2, 0.25) is 5.91 Å². The van der Waals surface area contributed by atoms with Crippen molar-refractivity contribution in [1.82, 2.24) is 10.3 Å². The fourth-order valence-corrected chi connectivity index (χ4v) is 2.44. The van der Waals surface area contributed by atoms with Gasteiger partial charge in [0.05, 0.1) is 16.8 Å². The van der Waals surface area contributed by atoms with Crippen LogP contribution in [0.5, 0.6) is 0 Å². The molecular weight excluding hydrogens is 288 g/mol. The SMILES string of the molecule is O=C(CCc1cscn1)NCCc1ccc(C(=O)O)cc1. The van der Waals surface area contributed by atoms with Crippen molar-refractivity contribution in [2.75, 3.05) is 6.54 Å². The van der Waals surface area contributed by atoms with Gasteiger partial charge in [-0.1, -0.05) is 12.1 Å². The highest BCUT2D eigenvalue weighted by atomic mass is 32.1. The van der Waals surface area contributed by atoms with E-state index in [9.17, 15) is 9.59 Å². The molecule has 0 unspecified atom stereocenters. The highest BCUT2D eigenvalue weighted by molar-refractivity contribution is 7.07. The summed E-state index contributed by atoms with van der Waals surface area (Å²) in [5.74, 6) is -0.929. The number of nitrogens with zero attached hydrogens (tertiary/aromatic N) is 1. The van der Waals surface area contributed by atoms with E-state index < -0.39 is 5.97 Å². The van der Waals surface area contributed by atoms with E-state index >= 15 is 0 Å². The smallest absolute Gasteiger partial charge is 0.335 e. The van der Waals surface area contributed by atoms with E-state index in [2.05, 4.69) is 10.3 Å². The van der Waals surface area contributed by atoms with Crippen LogP contribution in [0.3, 0.4) is 0 Å². The summed E-state index contributed by atoms with van der Waals surface area (Å²) in [6, 6.07) is 6.68. The van der Waals surface area contributed by atoms with E-state index in [1.807, 2.05) is 5.38 Å². The Kier molecular flexibility index (Phi) is 5.45. The minimum atomic E-state index is -0.933. The number of hydrogen-bond acceptors (Lipinski definition) is 4. The zero-order chi connectivity index (χ0) is 15.1. The Hall–Kier alpha value is -2.21. The summed E-state index contributed by atoms with van der Waals surface area (Å²) in [4.78, 5) is 26.5. The normalized spacial score (nSPS) is 10.3. The van der Waals surface area contributed by atoms with Crippen molar-refractivity contribution in [2.24, 2.45) is 0 Å². The van der Waals surface area contributed by atoms with Crippen LogP contribution < -0.4 is 5.32 Å². The quantitative estimate of drug-likeness (QED) is 0.821. The van der Waals surface area contributed by atoms with Gasteiger partial charge in [0.1, 0.15) is 0 Å². The zero-order valence-corrected chi connectivity index (χ0v) is 12.2. The highest BCUT2D eigenvalue weighted by Crippen LogP contribution is 2.05. The van der Waals surface area contributed by atoms with Crippen LogP contribution >= 0.6 is 11.3 Å². The monoisotopic (exact) mass is 304 g/mol. The number of hydrogen-bond donors (Lipinski definition) is 2. The number of aromatic nitrogens is 1. The number of aromatic carboxylic acids is 1. The summed E-state index contributed by atoms with van der Waals surface area (Å²) in [7, 11) is 0. The van der Waals surface area contributed by atoms with Crippen LogP contribution in [0.2, 0.25) is 0 Å². The third-order valence-electron chi connectivity index (χ3n) is 3.03. The minimum absolute atomic E-state index is 0.00477. The van der Waals surface area contributed by atoms with Crippen molar-refractivity contribution >= 4 is 23.2 Å². The topological polar surface area (TPSA) is 79.3 Å². The first-order valence-electron chi connectivity index (χ1n) is 6.61. The number of carboxylic acids is 1. The van der Waals surface area contributed by atoms with Crippen LogP contribution in [0, 0.1) is 0 Å². The number of carbonyl (C=O) groups excluding carboxylic acids is 1. The molecule has 0 atom stereocenters. The molecule has 2 aromatic rings. The summed E-state index contributed by atoms with van der Waals surface area (Å²) in [6.07, 6.45) is 1.77. The first-order valence-corrected chi connectivity index (χ1v) is 7.55. The Morgan fingerprint density at radius 3 is 2.57 bits per heavy atom. The van der Waals surface area contributed by atoms with Gasteiger partial charge in [-0.2, -0.15) is 0 Å². The Morgan fingerprint density at radius 1 is 1.19 bits per heavy atom. The first-order chi connectivity index (χ1) is 10.1. The standard InChI is InChI=1S/C15H16N2O3S/c18-14(6-5-13-9-21-10-17-13)16-8-7-11-1-3-12(4-2-11)15(19)20/h1-4,9-10H,5-8H2,(H,16,18)(H,19,20). The van der Waals surface area contributed by atoms with Gasteiger partial charge in [0, 0.05) is 18.3 Å². The predicted molar refractivity (Wildman–Crippen MR) is 80.6 cm³/mol. The molecule has 0 radical (unpaired) electrons. The Labute approximate surface area is 126 Å². The molecule has 0 saturated carbocycles. The molecule has 0 aliphatic carbocycles. The zero-order valence-electron chi connectivity index (χ0n) is 11.4. The van der Waals surface area contributed by atoms with E-state index in [0.717, 1.165) is 11.3 Å². The number of carboxylic acid groups (broad SMARTS) is 1. The second-order valence-corrected chi connectivity index (χ2v) is 5.30. The van der Waals surface area contributed by atoms with E-state index in [-0.39, 0.29) is 11.5 Å². The molecule has 6 heteroatoms. The third-order valence-corrected chi connectivity index (χ3v) is 3.66. The molecule has 5 nitrogen and oxygen atoms in total. The number of aryl methyl sites for hydroxylation is 1. The lowest BCUT2D eigenvalue weighted by Crippen LogP contribution is -2.25. The van der Waals surface area contributed by atoms with E-state index in [1.54, 1.807) is 29.8 Å². The number of nitrogens with one attached hydrogen (secondary N) is 1. The third kappa shape index (κ3) is 5.00. The van der Waals surface area contributed by atoms with Crippen LogP contribution in [0.4, 0.5) is 0 Å². The van der Waals surface area contributed by atoms with Gasteiger partial charge >= 0.3 is 5.97 Å². The lowest BCUT2D eigenvalue weighted by Gasteiger charge is -2.05. The summed E-state index contributed by atoms with van der Waals surface area (Å²) in [5.41, 5.74) is 3.97. The summed E-state index contributed by atoms with van der Waals surface area (Å²) in [5, 5.41) is 13.6. The van der Waals surface area contributed by atoms with E-state index in [1.165, 1.54) is 11.3 Å². The summed E-state index contributed by atoms with van der Waals surface area (Å²) in [6.45, 7) is 0.544. The molecule has 21 heavy (non-hydrogen) atoms. The van der Waals surface area contributed by atoms with E-state index in [4.69, 9.17) is 5.11 Å². The number of rotatable bonds is 7. The average Bonchev–Trinajstić information content (AvgIpc) is 2.99. The second kappa shape index (κ2) is 7.54. The molecule has 110 valence electrons. The van der Waals surface area contributed by atoms with Crippen molar-refractivity contribution in [3.63, 3.8) is 0 Å².